The van der Waals surface area contributed by atoms with Crippen LogP contribution in [0.2, 0.25) is 0 Å². The number of benzene rings is 2. The Morgan fingerprint density at radius 2 is 1.89 bits per heavy atom. The molecule has 2 rings (SSSR count). The molecular formula is C15H16N2O. The average Bonchev–Trinajstić information content (AvgIpc) is 2.41. The van der Waals surface area contributed by atoms with Crippen molar-refractivity contribution in [3.8, 4) is 0 Å². The molecule has 0 aliphatic heterocycles. The van der Waals surface area contributed by atoms with Crippen LogP contribution in [0, 0.1) is 6.92 Å². The SMILES string of the molecule is Cc1ccc(NC(=O)c2cccc(CN)c2)cc1. The highest BCUT2D eigenvalue weighted by Crippen LogP contribution is 2.11. The summed E-state index contributed by atoms with van der Waals surface area (Å²) in [4.78, 5) is 12.0. The van der Waals surface area contributed by atoms with E-state index in [1.54, 1.807) is 6.07 Å². The van der Waals surface area contributed by atoms with Crippen LogP contribution in [0.1, 0.15) is 21.5 Å². The summed E-state index contributed by atoms with van der Waals surface area (Å²) >= 11 is 0. The predicted octanol–water partition coefficient (Wildman–Crippen LogP) is 2.71. The lowest BCUT2D eigenvalue weighted by molar-refractivity contribution is 0.102. The van der Waals surface area contributed by atoms with Crippen LogP contribution in [0.4, 0.5) is 5.69 Å². The maximum atomic E-state index is 12.0. The van der Waals surface area contributed by atoms with Gasteiger partial charge in [0.15, 0.2) is 0 Å². The van der Waals surface area contributed by atoms with Crippen LogP contribution in [-0.4, -0.2) is 5.91 Å². The molecule has 0 bridgehead atoms. The fraction of sp³-hybridized carbons (Fsp3) is 0.133. The number of nitrogens with one attached hydrogen (secondary N) is 1. The van der Waals surface area contributed by atoms with Gasteiger partial charge in [0.05, 0.1) is 0 Å². The van der Waals surface area contributed by atoms with E-state index in [4.69, 9.17) is 5.73 Å². The summed E-state index contributed by atoms with van der Waals surface area (Å²) in [5.41, 5.74) is 9.09. The lowest BCUT2D eigenvalue weighted by Gasteiger charge is -2.06. The molecule has 2 aromatic rings. The maximum Gasteiger partial charge on any atom is 0.255 e. The lowest BCUT2D eigenvalue weighted by atomic mass is 10.1. The second kappa shape index (κ2) is 5.47. The van der Waals surface area contributed by atoms with E-state index in [1.165, 1.54) is 0 Å². The molecule has 3 nitrogen and oxygen atoms in total. The summed E-state index contributed by atoms with van der Waals surface area (Å²) in [7, 11) is 0. The van der Waals surface area contributed by atoms with Gasteiger partial charge in [0.25, 0.3) is 5.91 Å². The number of anilines is 1. The molecule has 2 aromatic carbocycles. The van der Waals surface area contributed by atoms with Crippen LogP contribution in [0.5, 0.6) is 0 Å². The van der Waals surface area contributed by atoms with E-state index in [2.05, 4.69) is 5.32 Å². The number of carbonyl (C=O) groups excluding carboxylic acids is 1. The number of amides is 1. The highest BCUT2D eigenvalue weighted by Gasteiger charge is 2.06. The van der Waals surface area contributed by atoms with Crippen LogP contribution in [0.25, 0.3) is 0 Å². The highest BCUT2D eigenvalue weighted by molar-refractivity contribution is 6.04. The Labute approximate surface area is 107 Å². The number of nitrogens with two attached hydrogens (primary N) is 1. The molecule has 0 saturated carbocycles. The van der Waals surface area contributed by atoms with E-state index in [0.717, 1.165) is 16.8 Å². The Balaban J connectivity index is 2.14. The number of hydrogen-bond acceptors (Lipinski definition) is 2. The fourth-order valence-corrected chi connectivity index (χ4v) is 1.68. The van der Waals surface area contributed by atoms with Gasteiger partial charge in [-0.25, -0.2) is 0 Å². The number of hydrogen-bond donors (Lipinski definition) is 2. The van der Waals surface area contributed by atoms with E-state index < -0.39 is 0 Å². The molecule has 92 valence electrons. The summed E-state index contributed by atoms with van der Waals surface area (Å²) in [5, 5.41) is 2.86. The third kappa shape index (κ3) is 2.96. The first-order valence-electron chi connectivity index (χ1n) is 5.86. The first-order valence-corrected chi connectivity index (χ1v) is 5.86. The summed E-state index contributed by atoms with van der Waals surface area (Å²) < 4.78 is 0. The van der Waals surface area contributed by atoms with Crippen LogP contribution in [0.3, 0.4) is 0 Å². The van der Waals surface area contributed by atoms with Gasteiger partial charge in [0.1, 0.15) is 0 Å². The fourth-order valence-electron chi connectivity index (χ4n) is 1.68. The summed E-state index contributed by atoms with van der Waals surface area (Å²) in [6.45, 7) is 2.45. The van der Waals surface area contributed by atoms with Crippen LogP contribution in [-0.2, 0) is 6.54 Å². The first kappa shape index (κ1) is 12.3. The molecule has 18 heavy (non-hydrogen) atoms. The van der Waals surface area contributed by atoms with E-state index in [0.29, 0.717) is 12.1 Å². The minimum absolute atomic E-state index is 0.117. The third-order valence-corrected chi connectivity index (χ3v) is 2.73. The first-order chi connectivity index (χ1) is 8.69. The topological polar surface area (TPSA) is 55.1 Å². The molecule has 0 unspecified atom stereocenters. The van der Waals surface area contributed by atoms with Gasteiger partial charge in [-0.05, 0) is 36.8 Å². The van der Waals surface area contributed by atoms with Crippen molar-refractivity contribution in [2.24, 2.45) is 5.73 Å². The van der Waals surface area contributed by atoms with Crippen molar-refractivity contribution in [2.75, 3.05) is 5.32 Å². The van der Waals surface area contributed by atoms with Gasteiger partial charge < -0.3 is 11.1 Å². The Hall–Kier alpha value is -2.13. The number of aryl methyl sites for hydroxylation is 1. The zero-order valence-electron chi connectivity index (χ0n) is 10.3. The number of rotatable bonds is 3. The van der Waals surface area contributed by atoms with Crippen LogP contribution in [0.15, 0.2) is 48.5 Å². The van der Waals surface area contributed by atoms with Gasteiger partial charge in [0.2, 0.25) is 0 Å². The standard InChI is InChI=1S/C15H16N2O/c1-11-5-7-14(8-6-11)17-15(18)13-4-2-3-12(9-13)10-16/h2-9H,10,16H2,1H3,(H,17,18). The lowest BCUT2D eigenvalue weighted by Crippen LogP contribution is -2.12. The highest BCUT2D eigenvalue weighted by atomic mass is 16.1. The van der Waals surface area contributed by atoms with Gasteiger partial charge in [-0.15, -0.1) is 0 Å². The molecule has 0 aromatic heterocycles. The average molecular weight is 240 g/mol. The minimum atomic E-state index is -0.117. The van der Waals surface area contributed by atoms with Crippen molar-refractivity contribution >= 4 is 11.6 Å². The molecule has 0 aliphatic rings. The summed E-state index contributed by atoms with van der Waals surface area (Å²) in [6, 6.07) is 15.0. The van der Waals surface area contributed by atoms with Gasteiger partial charge in [-0.3, -0.25) is 4.79 Å². The van der Waals surface area contributed by atoms with Crippen molar-refractivity contribution in [2.45, 2.75) is 13.5 Å². The maximum absolute atomic E-state index is 12.0. The molecule has 0 fully saturated rings. The Morgan fingerprint density at radius 1 is 1.17 bits per heavy atom. The summed E-state index contributed by atoms with van der Waals surface area (Å²) in [5.74, 6) is -0.117. The van der Waals surface area contributed by atoms with Gasteiger partial charge >= 0.3 is 0 Å². The van der Waals surface area contributed by atoms with Crippen molar-refractivity contribution in [1.29, 1.82) is 0 Å². The molecule has 0 saturated heterocycles. The molecule has 0 heterocycles. The molecule has 0 atom stereocenters. The number of carbonyl (C=O) groups is 1. The minimum Gasteiger partial charge on any atom is -0.326 e. The van der Waals surface area contributed by atoms with Gasteiger partial charge in [0, 0.05) is 17.8 Å². The van der Waals surface area contributed by atoms with Crippen molar-refractivity contribution in [3.05, 3.63) is 65.2 Å². The quantitative estimate of drug-likeness (QED) is 0.866. The van der Waals surface area contributed by atoms with E-state index in [1.807, 2.05) is 49.4 Å². The monoisotopic (exact) mass is 240 g/mol. The van der Waals surface area contributed by atoms with Crippen LogP contribution >= 0.6 is 0 Å². The molecule has 0 aliphatic carbocycles. The third-order valence-electron chi connectivity index (χ3n) is 2.73. The molecule has 0 spiro atoms. The zero-order valence-corrected chi connectivity index (χ0v) is 10.3. The largest absolute Gasteiger partial charge is 0.326 e. The van der Waals surface area contributed by atoms with E-state index in [-0.39, 0.29) is 5.91 Å². The van der Waals surface area contributed by atoms with Gasteiger partial charge in [-0.1, -0.05) is 29.8 Å². The summed E-state index contributed by atoms with van der Waals surface area (Å²) in [6.07, 6.45) is 0. The van der Waals surface area contributed by atoms with E-state index >= 15 is 0 Å². The van der Waals surface area contributed by atoms with E-state index in [9.17, 15) is 4.79 Å². The predicted molar refractivity (Wildman–Crippen MR) is 73.5 cm³/mol. The second-order valence-electron chi connectivity index (χ2n) is 4.22. The Morgan fingerprint density at radius 3 is 2.56 bits per heavy atom. The normalized spacial score (nSPS) is 10.1. The van der Waals surface area contributed by atoms with Crippen molar-refractivity contribution < 1.29 is 4.79 Å². The molecule has 3 heteroatoms. The Bertz CT molecular complexity index is 547. The van der Waals surface area contributed by atoms with Crippen molar-refractivity contribution in [3.63, 3.8) is 0 Å². The van der Waals surface area contributed by atoms with Crippen molar-refractivity contribution in [1.82, 2.24) is 0 Å². The van der Waals surface area contributed by atoms with Gasteiger partial charge in [-0.2, -0.15) is 0 Å². The molecule has 0 radical (unpaired) electrons. The second-order valence-corrected chi connectivity index (χ2v) is 4.22. The zero-order chi connectivity index (χ0) is 13.0. The molecule has 3 N–H and O–H groups in total. The smallest absolute Gasteiger partial charge is 0.255 e. The molecular weight excluding hydrogens is 224 g/mol. The molecule has 1 amide bonds. The Kier molecular flexibility index (Phi) is 3.75. The van der Waals surface area contributed by atoms with Crippen LogP contribution < -0.4 is 11.1 Å².